The lowest BCUT2D eigenvalue weighted by Gasteiger charge is -2.40. The monoisotopic (exact) mass is 640 g/mol. The Morgan fingerprint density at radius 3 is 2.40 bits per heavy atom. The van der Waals surface area contributed by atoms with Crippen molar-refractivity contribution in [1.29, 1.82) is 0 Å². The highest BCUT2D eigenvalue weighted by Gasteiger charge is 2.36. The van der Waals surface area contributed by atoms with Gasteiger partial charge in [-0.2, -0.15) is 5.10 Å². The van der Waals surface area contributed by atoms with Gasteiger partial charge in [0.2, 0.25) is 5.91 Å². The Kier molecular flexibility index (Phi) is 9.05. The third-order valence-corrected chi connectivity index (χ3v) is 7.56. The zero-order valence-electron chi connectivity index (χ0n) is 22.4. The molecule has 1 aromatic heterocycles. The maximum atomic E-state index is 15.1. The molecule has 5 rings (SSSR count). The summed E-state index contributed by atoms with van der Waals surface area (Å²) in [7, 11) is 0. The second-order valence-electron chi connectivity index (χ2n) is 10.1. The first-order chi connectivity index (χ1) is 20.2. The third-order valence-electron chi connectivity index (χ3n) is 7.03. The van der Waals surface area contributed by atoms with Gasteiger partial charge in [-0.25, -0.2) is 22.8 Å². The molecule has 2 N–H and O–H groups in total. The number of piperazine rings is 1. The summed E-state index contributed by atoms with van der Waals surface area (Å²) in [4.78, 5) is 20.0. The van der Waals surface area contributed by atoms with Crippen LogP contribution in [0.5, 0.6) is 0 Å². The number of aliphatic hydroxyl groups is 1. The molecule has 1 fully saturated rings. The fourth-order valence-electron chi connectivity index (χ4n) is 4.96. The van der Waals surface area contributed by atoms with Crippen LogP contribution >= 0.6 is 15.9 Å². The maximum Gasteiger partial charge on any atom is 0.248 e. The van der Waals surface area contributed by atoms with E-state index < -0.39 is 23.1 Å². The summed E-state index contributed by atoms with van der Waals surface area (Å²) < 4.78 is 45.8. The van der Waals surface area contributed by atoms with Crippen molar-refractivity contribution >= 4 is 39.3 Å². The van der Waals surface area contributed by atoms with E-state index in [2.05, 4.69) is 31.3 Å². The molecule has 42 heavy (non-hydrogen) atoms. The molecule has 1 unspecified atom stereocenters. The van der Waals surface area contributed by atoms with E-state index in [9.17, 15) is 18.7 Å². The number of benzene rings is 3. The number of aromatic nitrogens is 3. The number of rotatable bonds is 9. The molecule has 12 heteroatoms. The highest BCUT2D eigenvalue weighted by atomic mass is 79.9. The lowest BCUT2D eigenvalue weighted by molar-refractivity contribution is -0.111. The molecular weight excluding hydrogens is 613 g/mol. The van der Waals surface area contributed by atoms with Crippen molar-refractivity contribution < 1.29 is 23.1 Å². The SMILES string of the molecule is O=C(/C=C/c1ccc(Br)cc1)Nc1ccc(N2CCN(CC(O)(Cn3cncn3)c3ccc(F)cc3F)CC2)c(F)c1. The molecule has 1 aliphatic rings. The minimum Gasteiger partial charge on any atom is -0.382 e. The average Bonchev–Trinajstić information content (AvgIpc) is 3.46. The van der Waals surface area contributed by atoms with Gasteiger partial charge in [0.05, 0.1) is 12.2 Å². The van der Waals surface area contributed by atoms with Crippen molar-refractivity contribution in [3.05, 3.63) is 112 Å². The number of halogens is 4. The second-order valence-corrected chi connectivity index (χ2v) is 11.0. The molecule has 4 aromatic rings. The minimum absolute atomic E-state index is 0.0443. The first kappa shape index (κ1) is 29.5. The summed E-state index contributed by atoms with van der Waals surface area (Å²) in [5, 5.41) is 18.3. The Bertz CT molecular complexity index is 1560. The Morgan fingerprint density at radius 1 is 0.976 bits per heavy atom. The van der Waals surface area contributed by atoms with Gasteiger partial charge >= 0.3 is 0 Å². The summed E-state index contributed by atoms with van der Waals surface area (Å²) in [6.45, 7) is 1.77. The molecule has 1 aliphatic heterocycles. The zero-order valence-corrected chi connectivity index (χ0v) is 24.0. The van der Waals surface area contributed by atoms with Gasteiger partial charge < -0.3 is 15.3 Å². The van der Waals surface area contributed by atoms with Crippen molar-refractivity contribution in [2.45, 2.75) is 12.1 Å². The van der Waals surface area contributed by atoms with Crippen LogP contribution in [0, 0.1) is 17.5 Å². The van der Waals surface area contributed by atoms with E-state index in [-0.39, 0.29) is 24.6 Å². The van der Waals surface area contributed by atoms with E-state index in [1.54, 1.807) is 18.2 Å². The highest BCUT2D eigenvalue weighted by molar-refractivity contribution is 9.10. The summed E-state index contributed by atoms with van der Waals surface area (Å²) in [6.07, 6.45) is 5.78. The molecule has 0 radical (unpaired) electrons. The summed E-state index contributed by atoms with van der Waals surface area (Å²) in [6, 6.07) is 15.1. The predicted molar refractivity (Wildman–Crippen MR) is 157 cm³/mol. The van der Waals surface area contributed by atoms with E-state index >= 15 is 4.39 Å². The van der Waals surface area contributed by atoms with Gasteiger partial charge in [0, 0.05) is 60.6 Å². The van der Waals surface area contributed by atoms with Crippen LogP contribution < -0.4 is 10.2 Å². The van der Waals surface area contributed by atoms with Crippen LogP contribution in [0.2, 0.25) is 0 Å². The molecule has 1 atom stereocenters. The number of anilines is 2. The summed E-state index contributed by atoms with van der Waals surface area (Å²) in [5.41, 5.74) is -0.184. The molecule has 1 amide bonds. The number of hydrogen-bond acceptors (Lipinski definition) is 6. The van der Waals surface area contributed by atoms with Crippen molar-refractivity contribution in [3.63, 3.8) is 0 Å². The van der Waals surface area contributed by atoms with Crippen LogP contribution in [-0.4, -0.2) is 63.4 Å². The Labute approximate surface area is 249 Å². The lowest BCUT2D eigenvalue weighted by Crippen LogP contribution is -2.52. The van der Waals surface area contributed by atoms with E-state index in [4.69, 9.17) is 0 Å². The Balaban J connectivity index is 1.21. The fraction of sp³-hybridized carbons (Fsp3) is 0.233. The van der Waals surface area contributed by atoms with Crippen molar-refractivity contribution in [3.8, 4) is 0 Å². The fourth-order valence-corrected chi connectivity index (χ4v) is 5.22. The Hall–Kier alpha value is -4.00. The Morgan fingerprint density at radius 2 is 1.74 bits per heavy atom. The van der Waals surface area contributed by atoms with Crippen LogP contribution in [0.15, 0.2) is 83.9 Å². The lowest BCUT2D eigenvalue weighted by atomic mass is 9.92. The quantitative estimate of drug-likeness (QED) is 0.255. The van der Waals surface area contributed by atoms with E-state index in [1.807, 2.05) is 34.1 Å². The van der Waals surface area contributed by atoms with Crippen molar-refractivity contribution in [1.82, 2.24) is 19.7 Å². The van der Waals surface area contributed by atoms with Crippen molar-refractivity contribution in [2.24, 2.45) is 0 Å². The van der Waals surface area contributed by atoms with Gasteiger partial charge in [0.1, 0.15) is 35.7 Å². The van der Waals surface area contributed by atoms with E-state index in [0.29, 0.717) is 37.6 Å². The highest BCUT2D eigenvalue weighted by Crippen LogP contribution is 2.29. The predicted octanol–water partition coefficient (Wildman–Crippen LogP) is 4.82. The third kappa shape index (κ3) is 7.25. The van der Waals surface area contributed by atoms with Gasteiger partial charge in [0.15, 0.2) is 0 Å². The molecule has 0 saturated carbocycles. The number of carbonyl (C=O) groups excluding carboxylic acids is 1. The smallest absolute Gasteiger partial charge is 0.248 e. The first-order valence-electron chi connectivity index (χ1n) is 13.2. The van der Waals surface area contributed by atoms with Crippen LogP contribution in [0.3, 0.4) is 0 Å². The molecule has 0 bridgehead atoms. The minimum atomic E-state index is -1.72. The van der Waals surface area contributed by atoms with Crippen LogP contribution in [0.25, 0.3) is 6.08 Å². The zero-order chi connectivity index (χ0) is 29.7. The summed E-state index contributed by atoms with van der Waals surface area (Å²) in [5.74, 6) is -2.45. The number of carbonyl (C=O) groups is 1. The molecule has 218 valence electrons. The number of nitrogens with zero attached hydrogens (tertiary/aromatic N) is 5. The second kappa shape index (κ2) is 12.9. The van der Waals surface area contributed by atoms with Crippen LogP contribution in [-0.2, 0) is 16.9 Å². The number of nitrogens with one attached hydrogen (secondary N) is 1. The van der Waals surface area contributed by atoms with Gasteiger partial charge in [-0.15, -0.1) is 0 Å². The summed E-state index contributed by atoms with van der Waals surface area (Å²) >= 11 is 3.37. The molecule has 2 heterocycles. The average molecular weight is 641 g/mol. The molecule has 8 nitrogen and oxygen atoms in total. The van der Waals surface area contributed by atoms with Gasteiger partial charge in [0.25, 0.3) is 0 Å². The van der Waals surface area contributed by atoms with Gasteiger partial charge in [-0.3, -0.25) is 9.69 Å². The standard InChI is InChI=1S/C30H28BrF3N6O2/c31-22-4-1-21(2-5-22)3-10-29(41)37-24-7-9-28(27(34)16-24)39-13-11-38(12-14-39)17-30(42,18-40-20-35-19-36-40)25-8-6-23(32)15-26(25)33/h1-10,15-16,19-20,42H,11-14,17-18H2,(H,37,41)/b10-3+. The normalized spacial score (nSPS) is 15.6. The maximum absolute atomic E-state index is 15.1. The molecule has 0 aliphatic carbocycles. The largest absolute Gasteiger partial charge is 0.382 e. The van der Waals surface area contributed by atoms with Crippen molar-refractivity contribution in [2.75, 3.05) is 42.9 Å². The molecule has 1 saturated heterocycles. The topological polar surface area (TPSA) is 86.5 Å². The van der Waals surface area contributed by atoms with E-state index in [1.165, 1.54) is 35.5 Å². The van der Waals surface area contributed by atoms with Gasteiger partial charge in [-0.05, 0) is 48.0 Å². The number of amides is 1. The first-order valence-corrected chi connectivity index (χ1v) is 14.0. The number of β-amino-alcohol motifs (C(OH)–C–C–N with tert-alkyl or cyclic N) is 1. The molecule has 3 aromatic carbocycles. The molecule has 0 spiro atoms. The molecular formula is C30H28BrF3N6O2. The number of hydrogen-bond donors (Lipinski definition) is 2. The van der Waals surface area contributed by atoms with Crippen LogP contribution in [0.4, 0.5) is 24.5 Å². The van der Waals surface area contributed by atoms with Crippen LogP contribution in [0.1, 0.15) is 11.1 Å². The van der Waals surface area contributed by atoms with E-state index in [0.717, 1.165) is 22.2 Å². The van der Waals surface area contributed by atoms with Gasteiger partial charge in [-0.1, -0.05) is 34.1 Å².